The van der Waals surface area contributed by atoms with Crippen molar-refractivity contribution in [3.8, 4) is 0 Å². The fourth-order valence-corrected chi connectivity index (χ4v) is 4.39. The van der Waals surface area contributed by atoms with Gasteiger partial charge in [-0.15, -0.1) is 0 Å². The van der Waals surface area contributed by atoms with E-state index >= 15 is 0 Å². The lowest BCUT2D eigenvalue weighted by atomic mass is 9.88. The molecule has 1 saturated heterocycles. The maximum atomic E-state index is 10.1. The minimum Gasteiger partial charge on any atom is -0.394 e. The molecule has 0 aromatic heterocycles. The van der Waals surface area contributed by atoms with Gasteiger partial charge >= 0.3 is 0 Å². The Labute approximate surface area is 163 Å². The van der Waals surface area contributed by atoms with Crippen LogP contribution in [-0.4, -0.2) is 46.5 Å². The van der Waals surface area contributed by atoms with Crippen molar-refractivity contribution in [1.82, 2.24) is 4.90 Å². The molecule has 0 amide bonds. The summed E-state index contributed by atoms with van der Waals surface area (Å²) in [5.41, 5.74) is 2.76. The van der Waals surface area contributed by atoms with E-state index in [2.05, 4.69) is 65.6 Å². The molecule has 3 heteroatoms. The van der Waals surface area contributed by atoms with Crippen molar-refractivity contribution in [2.45, 2.75) is 63.1 Å². The summed E-state index contributed by atoms with van der Waals surface area (Å²) in [6, 6.07) is 22.3. The molecule has 3 nitrogen and oxygen atoms in total. The van der Waals surface area contributed by atoms with Crippen LogP contribution in [0, 0.1) is 0 Å². The van der Waals surface area contributed by atoms with E-state index in [0.29, 0.717) is 18.6 Å². The molecular weight excluding hydrogens is 334 g/mol. The van der Waals surface area contributed by atoms with Gasteiger partial charge in [0.15, 0.2) is 0 Å². The minimum atomic E-state index is -0.651. The molecule has 146 valence electrons. The predicted molar refractivity (Wildman–Crippen MR) is 111 cm³/mol. The van der Waals surface area contributed by atoms with Crippen molar-refractivity contribution < 1.29 is 10.2 Å². The van der Waals surface area contributed by atoms with Gasteiger partial charge in [-0.05, 0) is 49.7 Å². The van der Waals surface area contributed by atoms with E-state index in [-0.39, 0.29) is 6.61 Å². The number of aliphatic hydroxyl groups excluding tert-OH is 2. The number of β-amino-alcohol motifs (C(OH)–C–C–N with tert-alkyl or cyclic N) is 1. The Balaban J connectivity index is 1.63. The van der Waals surface area contributed by atoms with Gasteiger partial charge in [0.05, 0.1) is 12.7 Å². The van der Waals surface area contributed by atoms with Gasteiger partial charge in [0.25, 0.3) is 0 Å². The molecule has 0 saturated carbocycles. The average molecular weight is 368 g/mol. The number of aliphatic hydroxyl groups is 2. The summed E-state index contributed by atoms with van der Waals surface area (Å²) in [6.45, 7) is 0.419. The lowest BCUT2D eigenvalue weighted by Crippen LogP contribution is -2.50. The molecule has 2 aromatic carbocycles. The zero-order chi connectivity index (χ0) is 18.9. The first-order valence-corrected chi connectivity index (χ1v) is 10.4. The van der Waals surface area contributed by atoms with Crippen molar-refractivity contribution in [1.29, 1.82) is 0 Å². The highest BCUT2D eigenvalue weighted by Gasteiger charge is 2.31. The van der Waals surface area contributed by atoms with Crippen LogP contribution in [0.1, 0.15) is 43.2 Å². The molecule has 0 spiro atoms. The van der Waals surface area contributed by atoms with Gasteiger partial charge in [-0.2, -0.15) is 0 Å². The van der Waals surface area contributed by atoms with Crippen LogP contribution in [0.2, 0.25) is 0 Å². The molecule has 0 aliphatic carbocycles. The summed E-state index contributed by atoms with van der Waals surface area (Å²) in [7, 11) is 0. The monoisotopic (exact) mass is 367 g/mol. The zero-order valence-electron chi connectivity index (χ0n) is 16.2. The van der Waals surface area contributed by atoms with Crippen LogP contribution in [0.15, 0.2) is 60.7 Å². The van der Waals surface area contributed by atoms with Gasteiger partial charge in [-0.1, -0.05) is 67.1 Å². The summed E-state index contributed by atoms with van der Waals surface area (Å²) in [5.74, 6) is 0. The van der Waals surface area contributed by atoms with Gasteiger partial charge in [0.2, 0.25) is 0 Å². The molecule has 27 heavy (non-hydrogen) atoms. The molecule has 3 atom stereocenters. The first kappa shape index (κ1) is 20.1. The number of hydrogen-bond acceptors (Lipinski definition) is 3. The second-order valence-corrected chi connectivity index (χ2v) is 7.82. The molecule has 1 heterocycles. The third kappa shape index (κ3) is 6.17. The molecule has 3 rings (SSSR count). The summed E-state index contributed by atoms with van der Waals surface area (Å²) in [6.07, 6.45) is 7.35. The summed E-state index contributed by atoms with van der Waals surface area (Å²) < 4.78 is 0. The van der Waals surface area contributed by atoms with Crippen LogP contribution >= 0.6 is 0 Å². The number of likely N-dealkylation sites (tertiary alicyclic amines) is 1. The first-order valence-electron chi connectivity index (χ1n) is 10.4. The third-order valence-corrected chi connectivity index (χ3v) is 5.86. The van der Waals surface area contributed by atoms with Crippen molar-refractivity contribution in [3.63, 3.8) is 0 Å². The van der Waals surface area contributed by atoms with Crippen molar-refractivity contribution in [2.24, 2.45) is 0 Å². The van der Waals surface area contributed by atoms with E-state index in [1.165, 1.54) is 30.4 Å². The topological polar surface area (TPSA) is 43.7 Å². The Bertz CT molecular complexity index is 594. The van der Waals surface area contributed by atoms with Crippen LogP contribution < -0.4 is 0 Å². The molecule has 1 fully saturated rings. The fraction of sp³-hybridized carbons (Fsp3) is 0.500. The van der Waals surface area contributed by atoms with E-state index in [0.717, 1.165) is 25.7 Å². The number of aryl methyl sites for hydroxylation is 2. The van der Waals surface area contributed by atoms with E-state index in [1.807, 2.05) is 0 Å². The summed E-state index contributed by atoms with van der Waals surface area (Å²) in [4.78, 5) is 2.50. The molecule has 2 aromatic rings. The number of piperidine rings is 1. The van der Waals surface area contributed by atoms with Gasteiger partial charge in [0.1, 0.15) is 0 Å². The molecule has 0 bridgehead atoms. The third-order valence-electron chi connectivity index (χ3n) is 5.86. The van der Waals surface area contributed by atoms with Gasteiger partial charge < -0.3 is 10.2 Å². The molecule has 1 aliphatic heterocycles. The Morgan fingerprint density at radius 3 is 1.74 bits per heavy atom. The van der Waals surface area contributed by atoms with Gasteiger partial charge in [0, 0.05) is 18.6 Å². The molecule has 2 N–H and O–H groups in total. The predicted octanol–water partition coefficient (Wildman–Crippen LogP) is 3.83. The van der Waals surface area contributed by atoms with Crippen LogP contribution in [0.4, 0.5) is 0 Å². The second-order valence-electron chi connectivity index (χ2n) is 7.82. The normalized spacial score (nSPS) is 21.9. The first-order chi connectivity index (χ1) is 13.3. The number of nitrogens with zero attached hydrogens (tertiary/aromatic N) is 1. The van der Waals surface area contributed by atoms with Crippen molar-refractivity contribution >= 4 is 0 Å². The van der Waals surface area contributed by atoms with Gasteiger partial charge in [-0.3, -0.25) is 4.90 Å². The Morgan fingerprint density at radius 2 is 1.30 bits per heavy atom. The Kier molecular flexibility index (Phi) is 7.88. The van der Waals surface area contributed by atoms with Crippen LogP contribution in [0.5, 0.6) is 0 Å². The van der Waals surface area contributed by atoms with E-state index < -0.39 is 6.10 Å². The lowest BCUT2D eigenvalue weighted by molar-refractivity contribution is 0.00214. The summed E-state index contributed by atoms with van der Waals surface area (Å²) in [5, 5.41) is 19.5. The standard InChI is InChI=1S/C24H33NO2/c26-19-24(27)18-25-22(16-14-20-8-3-1-4-9-20)12-7-13-23(25)17-15-21-10-5-2-6-11-21/h1-6,8-11,22-24,26-27H,7,12-19H2/t22-,23+,24-/m0/s1. The Hall–Kier alpha value is -1.68. The maximum Gasteiger partial charge on any atom is 0.0897 e. The molecule has 1 aliphatic rings. The van der Waals surface area contributed by atoms with Gasteiger partial charge in [-0.25, -0.2) is 0 Å². The highest BCUT2D eigenvalue weighted by atomic mass is 16.3. The van der Waals surface area contributed by atoms with E-state index in [4.69, 9.17) is 0 Å². The highest BCUT2D eigenvalue weighted by molar-refractivity contribution is 5.16. The largest absolute Gasteiger partial charge is 0.394 e. The highest BCUT2D eigenvalue weighted by Crippen LogP contribution is 2.29. The van der Waals surface area contributed by atoms with Crippen molar-refractivity contribution in [2.75, 3.05) is 13.2 Å². The average Bonchev–Trinajstić information content (AvgIpc) is 2.73. The number of rotatable bonds is 9. The van der Waals surface area contributed by atoms with Crippen molar-refractivity contribution in [3.05, 3.63) is 71.8 Å². The number of benzene rings is 2. The second kappa shape index (κ2) is 10.6. The zero-order valence-corrected chi connectivity index (χ0v) is 16.2. The Morgan fingerprint density at radius 1 is 0.815 bits per heavy atom. The van der Waals surface area contributed by atoms with E-state index in [9.17, 15) is 10.2 Å². The number of hydrogen-bond donors (Lipinski definition) is 2. The molecule has 0 unspecified atom stereocenters. The summed E-state index contributed by atoms with van der Waals surface area (Å²) >= 11 is 0. The SMILES string of the molecule is OC[C@@H](O)CN1[C@@H](CCc2ccccc2)CCC[C@H]1CCc1ccccc1. The van der Waals surface area contributed by atoms with E-state index in [1.54, 1.807) is 0 Å². The minimum absolute atomic E-state index is 0.159. The maximum absolute atomic E-state index is 10.1. The smallest absolute Gasteiger partial charge is 0.0897 e. The van der Waals surface area contributed by atoms with Crippen LogP contribution in [-0.2, 0) is 12.8 Å². The molecular formula is C24H33NO2. The van der Waals surface area contributed by atoms with Crippen LogP contribution in [0.3, 0.4) is 0 Å². The quantitative estimate of drug-likeness (QED) is 0.708. The molecule has 0 radical (unpaired) electrons. The van der Waals surface area contributed by atoms with Crippen LogP contribution in [0.25, 0.3) is 0 Å². The fourth-order valence-electron chi connectivity index (χ4n) is 4.39. The lowest BCUT2D eigenvalue weighted by Gasteiger charge is -2.43.